The number of urea groups is 1. The molecule has 0 radical (unpaired) electrons. The second-order valence-electron chi connectivity index (χ2n) is 9.83. The number of nitrogens with one attached hydrogen (secondary N) is 1. The smallest absolute Gasteiger partial charge is 0.322 e. The lowest BCUT2D eigenvalue weighted by Gasteiger charge is -2.36. The lowest BCUT2D eigenvalue weighted by Crippen LogP contribution is -2.49. The van der Waals surface area contributed by atoms with Gasteiger partial charge in [-0.15, -0.1) is 0 Å². The van der Waals surface area contributed by atoms with E-state index in [1.54, 1.807) is 22.7 Å². The number of nitrogens with zero attached hydrogens (tertiary/aromatic N) is 5. The van der Waals surface area contributed by atoms with Crippen molar-refractivity contribution in [1.29, 1.82) is 0 Å². The van der Waals surface area contributed by atoms with Crippen LogP contribution in [-0.4, -0.2) is 73.3 Å². The number of likely N-dealkylation sites (tertiary alicyclic amines) is 1. The van der Waals surface area contributed by atoms with E-state index in [0.717, 1.165) is 6.42 Å². The van der Waals surface area contributed by atoms with E-state index in [9.17, 15) is 32.7 Å². The highest BCUT2D eigenvalue weighted by Crippen LogP contribution is 2.37. The van der Waals surface area contributed by atoms with E-state index in [4.69, 9.17) is 0 Å². The number of aromatic nitrogens is 2. The van der Waals surface area contributed by atoms with Crippen LogP contribution in [0.2, 0.25) is 0 Å². The average molecular weight is 521 g/mol. The summed E-state index contributed by atoms with van der Waals surface area (Å²) in [5.41, 5.74) is 0.925. The summed E-state index contributed by atoms with van der Waals surface area (Å²) in [4.78, 5) is 42.8. The molecule has 2 saturated heterocycles. The Balaban J connectivity index is 1.37. The molecule has 2 aromatic rings. The highest BCUT2D eigenvalue weighted by molar-refractivity contribution is 5.98. The summed E-state index contributed by atoms with van der Waals surface area (Å²) >= 11 is 0. The van der Waals surface area contributed by atoms with Crippen LogP contribution >= 0.6 is 0 Å². The first kappa shape index (κ1) is 25.1. The van der Waals surface area contributed by atoms with Crippen molar-refractivity contribution >= 4 is 29.3 Å². The van der Waals surface area contributed by atoms with Crippen molar-refractivity contribution in [3.8, 4) is 0 Å². The number of rotatable bonds is 4. The first-order valence-electron chi connectivity index (χ1n) is 12.1. The third-order valence-electron chi connectivity index (χ3n) is 7.59. The number of aliphatic carboxylic acids is 1. The molecule has 0 spiro atoms. The molecule has 4 atom stereocenters. The van der Waals surface area contributed by atoms with E-state index in [1.807, 2.05) is 11.8 Å². The number of carbonyl (C=O) groups excluding carboxylic acids is 2. The molecule has 3 aliphatic heterocycles. The molecule has 0 saturated carbocycles. The largest absolute Gasteiger partial charge is 0.480 e. The number of carbonyl (C=O) groups is 3. The molecule has 10 nitrogen and oxygen atoms in total. The molecule has 1 aromatic heterocycles. The fourth-order valence-electron chi connectivity index (χ4n) is 5.73. The van der Waals surface area contributed by atoms with Crippen molar-refractivity contribution in [2.75, 3.05) is 16.8 Å². The molecule has 0 aliphatic carbocycles. The summed E-state index contributed by atoms with van der Waals surface area (Å²) in [6.07, 6.45) is 3.04. The van der Waals surface area contributed by atoms with Crippen LogP contribution in [-0.2, 0) is 22.7 Å². The SMILES string of the molecule is C[C@H]1Cn2ncc(N3C(=O)CC(N4CCC[C@@H]4C(=O)O)[C@@H]3C)c2CN1C(=O)Nc1cc(F)c(F)c(F)c1. The van der Waals surface area contributed by atoms with E-state index in [1.165, 1.54) is 4.90 Å². The maximum atomic E-state index is 13.6. The van der Waals surface area contributed by atoms with Crippen LogP contribution in [0.5, 0.6) is 0 Å². The number of anilines is 2. The lowest BCUT2D eigenvalue weighted by molar-refractivity contribution is -0.143. The van der Waals surface area contributed by atoms with E-state index < -0.39 is 35.5 Å². The number of benzene rings is 1. The molecular weight excluding hydrogens is 493 g/mol. The molecule has 198 valence electrons. The number of carboxylic acid groups (broad SMARTS) is 1. The molecular formula is C24H27F3N6O4. The molecule has 5 rings (SSSR count). The molecule has 2 fully saturated rings. The van der Waals surface area contributed by atoms with Crippen LogP contribution in [0.3, 0.4) is 0 Å². The van der Waals surface area contributed by atoms with E-state index in [-0.39, 0.29) is 42.7 Å². The molecule has 0 bridgehead atoms. The maximum Gasteiger partial charge on any atom is 0.322 e. The molecule has 1 aromatic carbocycles. The second kappa shape index (κ2) is 9.36. The fourth-order valence-corrected chi connectivity index (χ4v) is 5.73. The number of hydrogen-bond donors (Lipinski definition) is 2. The third kappa shape index (κ3) is 4.30. The summed E-state index contributed by atoms with van der Waals surface area (Å²) in [6.45, 7) is 4.66. The number of halogens is 3. The predicted molar refractivity (Wildman–Crippen MR) is 125 cm³/mol. The molecule has 1 unspecified atom stereocenters. The van der Waals surface area contributed by atoms with Gasteiger partial charge in [0.25, 0.3) is 0 Å². The maximum absolute atomic E-state index is 13.6. The zero-order valence-corrected chi connectivity index (χ0v) is 20.3. The number of amides is 3. The van der Waals surface area contributed by atoms with Crippen molar-refractivity contribution in [3.63, 3.8) is 0 Å². The van der Waals surface area contributed by atoms with Gasteiger partial charge in [0.15, 0.2) is 17.5 Å². The molecule has 13 heteroatoms. The standard InChI is InChI=1S/C24H27F3N6O4/c1-12-10-32-20(11-31(12)24(37)29-14-6-15(25)22(27)16(26)7-14)19(9-28-32)33-13(2)18(8-21(33)34)30-5-3-4-17(30)23(35)36/h6-7,9,12-13,17-18H,3-5,8,10-11H2,1-2H3,(H,29,37)(H,35,36)/t12-,13-,17+,18?/m0/s1. The Morgan fingerprint density at radius 2 is 1.86 bits per heavy atom. The van der Waals surface area contributed by atoms with Crippen LogP contribution in [0.4, 0.5) is 29.3 Å². The minimum absolute atomic E-state index is 0.0666. The van der Waals surface area contributed by atoms with Gasteiger partial charge in [-0.05, 0) is 33.2 Å². The zero-order valence-electron chi connectivity index (χ0n) is 20.3. The van der Waals surface area contributed by atoms with Crippen LogP contribution < -0.4 is 10.2 Å². The van der Waals surface area contributed by atoms with Crippen molar-refractivity contribution in [2.24, 2.45) is 0 Å². The number of carboxylic acids is 1. The Labute approximate surface area is 210 Å². The highest BCUT2D eigenvalue weighted by atomic mass is 19.2. The first-order chi connectivity index (χ1) is 17.6. The lowest BCUT2D eigenvalue weighted by atomic mass is 10.1. The minimum Gasteiger partial charge on any atom is -0.480 e. The molecule has 2 N–H and O–H groups in total. The highest BCUT2D eigenvalue weighted by Gasteiger charge is 2.47. The van der Waals surface area contributed by atoms with Crippen LogP contribution in [0.25, 0.3) is 0 Å². The number of hydrogen-bond acceptors (Lipinski definition) is 5. The number of fused-ring (bicyclic) bond motifs is 1. The molecule has 4 heterocycles. The van der Waals surface area contributed by atoms with E-state index in [0.29, 0.717) is 43.0 Å². The Bertz CT molecular complexity index is 1250. The summed E-state index contributed by atoms with van der Waals surface area (Å²) in [5, 5.41) is 16.4. The quantitative estimate of drug-likeness (QED) is 0.600. The Morgan fingerprint density at radius 3 is 2.54 bits per heavy atom. The predicted octanol–water partition coefficient (Wildman–Crippen LogP) is 2.78. The summed E-state index contributed by atoms with van der Waals surface area (Å²) in [6, 6.07) is -0.776. The molecule has 37 heavy (non-hydrogen) atoms. The Kier molecular flexibility index (Phi) is 6.34. The van der Waals surface area contributed by atoms with Gasteiger partial charge in [-0.1, -0.05) is 0 Å². The van der Waals surface area contributed by atoms with Crippen LogP contribution in [0.15, 0.2) is 18.3 Å². The van der Waals surface area contributed by atoms with Gasteiger partial charge in [-0.25, -0.2) is 18.0 Å². The van der Waals surface area contributed by atoms with Crippen LogP contribution in [0, 0.1) is 17.5 Å². The van der Waals surface area contributed by atoms with Crippen molar-refractivity contribution in [1.82, 2.24) is 19.6 Å². The van der Waals surface area contributed by atoms with Crippen molar-refractivity contribution in [2.45, 2.75) is 70.4 Å². The summed E-state index contributed by atoms with van der Waals surface area (Å²) in [5.74, 6) is -5.50. The monoisotopic (exact) mass is 520 g/mol. The van der Waals surface area contributed by atoms with Gasteiger partial charge in [0.05, 0.1) is 42.8 Å². The second-order valence-corrected chi connectivity index (χ2v) is 9.83. The van der Waals surface area contributed by atoms with Gasteiger partial charge in [-0.2, -0.15) is 5.10 Å². The fraction of sp³-hybridized carbons (Fsp3) is 0.500. The average Bonchev–Trinajstić information content (AvgIpc) is 3.54. The molecule has 3 aliphatic rings. The van der Waals surface area contributed by atoms with Gasteiger partial charge in [-0.3, -0.25) is 19.2 Å². The van der Waals surface area contributed by atoms with Gasteiger partial charge >= 0.3 is 12.0 Å². The first-order valence-corrected chi connectivity index (χ1v) is 12.1. The van der Waals surface area contributed by atoms with E-state index >= 15 is 0 Å². The summed E-state index contributed by atoms with van der Waals surface area (Å²) in [7, 11) is 0. The Morgan fingerprint density at radius 1 is 1.16 bits per heavy atom. The third-order valence-corrected chi connectivity index (χ3v) is 7.59. The zero-order chi connectivity index (χ0) is 26.6. The van der Waals surface area contributed by atoms with Crippen molar-refractivity contribution in [3.05, 3.63) is 41.5 Å². The topological polar surface area (TPSA) is 111 Å². The summed E-state index contributed by atoms with van der Waals surface area (Å²) < 4.78 is 42.2. The van der Waals surface area contributed by atoms with Gasteiger partial charge in [0, 0.05) is 30.3 Å². The normalized spacial score (nSPS) is 26.0. The van der Waals surface area contributed by atoms with Crippen molar-refractivity contribution < 1.29 is 32.7 Å². The molecule has 3 amide bonds. The van der Waals surface area contributed by atoms with Crippen LogP contribution in [0.1, 0.15) is 38.8 Å². The van der Waals surface area contributed by atoms with Gasteiger partial charge in [0.1, 0.15) is 6.04 Å². The van der Waals surface area contributed by atoms with Gasteiger partial charge in [0.2, 0.25) is 5.91 Å². The van der Waals surface area contributed by atoms with E-state index in [2.05, 4.69) is 10.4 Å². The van der Waals surface area contributed by atoms with Gasteiger partial charge < -0.3 is 20.2 Å². The minimum atomic E-state index is -1.62. The Hall–Kier alpha value is -3.61.